The summed E-state index contributed by atoms with van der Waals surface area (Å²) in [5, 5.41) is 46.0. The van der Waals surface area contributed by atoms with Gasteiger partial charge in [0.2, 0.25) is 5.91 Å². The number of cyclic esters (lactones) is 1. The Morgan fingerprint density at radius 1 is 0.860 bits per heavy atom. The van der Waals surface area contributed by atoms with Crippen molar-refractivity contribution in [2.24, 2.45) is 23.7 Å². The lowest BCUT2D eigenvalue weighted by Gasteiger charge is -2.50. The monoisotopic (exact) mass is 819 g/mol. The van der Waals surface area contributed by atoms with Crippen molar-refractivity contribution in [3.05, 3.63) is 0 Å². The normalized spacial score (nSPS) is 46.7. The summed E-state index contributed by atoms with van der Waals surface area (Å²) < 4.78 is 50.3. The number of methoxy groups -OCH3 is 2. The van der Waals surface area contributed by atoms with Crippen LogP contribution in [0.5, 0.6) is 0 Å². The van der Waals surface area contributed by atoms with Gasteiger partial charge in [0, 0.05) is 53.4 Å². The highest BCUT2D eigenvalue weighted by molar-refractivity contribution is 5.74. The van der Waals surface area contributed by atoms with Crippen molar-refractivity contribution in [2.75, 3.05) is 21.3 Å². The molecule has 0 aromatic carbocycles. The molecule has 3 aliphatic rings. The summed E-state index contributed by atoms with van der Waals surface area (Å²) in [7, 11) is 4.60. The molecule has 0 aliphatic carbocycles. The Morgan fingerprint density at radius 3 is 1.98 bits per heavy atom. The fourth-order valence-corrected chi connectivity index (χ4v) is 9.17. The van der Waals surface area contributed by atoms with Gasteiger partial charge in [-0.2, -0.15) is 0 Å². The SMILES string of the molecule is CC[C@H]1OC(=O)[C@H](C)[C@@H](O[C@H]2C[C@@](C)(OC)[C@@H](O)[C@H](C)O2)[C@H](C)[C@@H](O[C@@H]2O[C@H](C)C[C@H](N(C)C(C)=O)[C@@H]2OC(C)=O)C(C)(OC)C[C@H](C)[C@H](O)[C@H](C)[C@@H](O)[C@]1(C)O. The van der Waals surface area contributed by atoms with Crippen molar-refractivity contribution in [3.8, 4) is 0 Å². The van der Waals surface area contributed by atoms with Gasteiger partial charge in [-0.1, -0.05) is 27.7 Å². The maximum Gasteiger partial charge on any atom is 0.311 e. The number of hydrogen-bond donors (Lipinski definition) is 4. The average Bonchev–Trinajstić information content (AvgIpc) is 3.14. The van der Waals surface area contributed by atoms with Crippen LogP contribution in [0.25, 0.3) is 0 Å². The third kappa shape index (κ3) is 10.9. The summed E-state index contributed by atoms with van der Waals surface area (Å²) in [5.74, 6) is -4.93. The van der Waals surface area contributed by atoms with E-state index in [1.54, 1.807) is 55.5 Å². The van der Waals surface area contributed by atoms with Gasteiger partial charge in [0.1, 0.15) is 17.8 Å². The van der Waals surface area contributed by atoms with Gasteiger partial charge in [-0.05, 0) is 66.7 Å². The number of carbonyl (C=O) groups excluding carboxylic acids is 3. The van der Waals surface area contributed by atoms with Gasteiger partial charge in [-0.3, -0.25) is 14.4 Å². The molecule has 19 atom stereocenters. The number of amides is 1. The van der Waals surface area contributed by atoms with Crippen molar-refractivity contribution in [1.29, 1.82) is 0 Å². The molecular formula is C41H73NO15. The Bertz CT molecular complexity index is 1350. The summed E-state index contributed by atoms with van der Waals surface area (Å²) in [5.41, 5.74) is -4.33. The van der Waals surface area contributed by atoms with E-state index in [0.29, 0.717) is 6.42 Å². The number of nitrogens with zero attached hydrogens (tertiary/aromatic N) is 1. The van der Waals surface area contributed by atoms with Gasteiger partial charge < -0.3 is 63.2 Å². The van der Waals surface area contributed by atoms with Crippen LogP contribution >= 0.6 is 0 Å². The van der Waals surface area contributed by atoms with Crippen LogP contribution in [0.2, 0.25) is 0 Å². The Morgan fingerprint density at radius 2 is 1.46 bits per heavy atom. The zero-order chi connectivity index (χ0) is 43.5. The smallest absolute Gasteiger partial charge is 0.311 e. The highest BCUT2D eigenvalue weighted by Crippen LogP contribution is 2.42. The Labute approximate surface area is 339 Å². The van der Waals surface area contributed by atoms with Crippen LogP contribution in [-0.2, 0) is 52.3 Å². The molecule has 3 rings (SSSR count). The molecular weight excluding hydrogens is 746 g/mol. The highest BCUT2D eigenvalue weighted by Gasteiger charge is 2.54. The molecule has 0 aromatic heterocycles. The largest absolute Gasteiger partial charge is 0.459 e. The molecule has 16 heteroatoms. The molecule has 332 valence electrons. The van der Waals surface area contributed by atoms with Crippen molar-refractivity contribution in [1.82, 2.24) is 4.90 Å². The number of ether oxygens (including phenoxy) is 8. The molecule has 0 aromatic rings. The van der Waals surface area contributed by atoms with Gasteiger partial charge in [0.25, 0.3) is 0 Å². The third-order valence-corrected chi connectivity index (χ3v) is 13.1. The lowest BCUT2D eigenvalue weighted by Crippen LogP contribution is -2.62. The van der Waals surface area contributed by atoms with Gasteiger partial charge in [-0.25, -0.2) is 0 Å². The number of aliphatic hydroxyl groups is 4. The van der Waals surface area contributed by atoms with Crippen LogP contribution in [0.3, 0.4) is 0 Å². The average molecular weight is 820 g/mol. The quantitative estimate of drug-likeness (QED) is 0.247. The highest BCUT2D eigenvalue weighted by atomic mass is 16.7. The van der Waals surface area contributed by atoms with Gasteiger partial charge >= 0.3 is 11.9 Å². The number of aliphatic hydroxyl groups excluding tert-OH is 3. The van der Waals surface area contributed by atoms with Crippen molar-refractivity contribution in [3.63, 3.8) is 0 Å². The number of esters is 2. The van der Waals surface area contributed by atoms with Crippen molar-refractivity contribution in [2.45, 2.75) is 199 Å². The van der Waals surface area contributed by atoms with E-state index in [2.05, 4.69) is 0 Å². The minimum atomic E-state index is -1.95. The summed E-state index contributed by atoms with van der Waals surface area (Å²) in [6, 6.07) is -0.624. The fraction of sp³-hybridized carbons (Fsp3) is 0.927. The van der Waals surface area contributed by atoms with Crippen molar-refractivity contribution >= 4 is 17.8 Å². The van der Waals surface area contributed by atoms with Gasteiger partial charge in [-0.15, -0.1) is 0 Å². The standard InChI is InChI=1S/C41H73NO15/c1-16-29-41(12,49)34(46)22(4)31(45)20(2)18-40(11,51-15)36(57-38-33(54-27(9)44)28(17-21(3)52-38)42(13)26(8)43)23(5)32(24(6)37(48)55-29)56-30-19-39(10,50-14)35(47)25(7)53-30/h20-25,28-36,38,45-47,49H,16-19H2,1-15H3/t20-,21+,22-,23-,24+,25-,28-,29+,30-,31-,32-,33-,34+,35-,36+,38-,39+,40?,41+/m0/s1. The second-order valence-corrected chi connectivity index (χ2v) is 17.6. The third-order valence-electron chi connectivity index (χ3n) is 13.1. The van der Waals surface area contributed by atoms with Crippen LogP contribution in [-0.4, -0.2) is 155 Å². The minimum absolute atomic E-state index is 0.0868. The Balaban J connectivity index is 2.29. The minimum Gasteiger partial charge on any atom is -0.459 e. The molecule has 3 fully saturated rings. The molecule has 3 heterocycles. The molecule has 3 aliphatic heterocycles. The Kier molecular flexibility index (Phi) is 17.0. The lowest BCUT2D eigenvalue weighted by atomic mass is 9.73. The molecule has 1 unspecified atom stereocenters. The molecule has 0 bridgehead atoms. The summed E-state index contributed by atoms with van der Waals surface area (Å²) in [6.07, 6.45) is -10.8. The first-order valence-electron chi connectivity index (χ1n) is 20.4. The van der Waals surface area contributed by atoms with Crippen LogP contribution < -0.4 is 0 Å². The van der Waals surface area contributed by atoms with Gasteiger partial charge in [0.05, 0.1) is 59.8 Å². The number of carbonyl (C=O) groups is 3. The van der Waals surface area contributed by atoms with Crippen molar-refractivity contribution < 1.29 is 72.7 Å². The maximum absolute atomic E-state index is 14.3. The first-order valence-corrected chi connectivity index (χ1v) is 20.4. The molecule has 16 nitrogen and oxygen atoms in total. The zero-order valence-corrected chi connectivity index (χ0v) is 36.8. The van der Waals surface area contributed by atoms with Crippen LogP contribution in [0.15, 0.2) is 0 Å². The molecule has 3 saturated heterocycles. The first kappa shape index (κ1) is 49.4. The topological polar surface area (TPSA) is 209 Å². The molecule has 0 saturated carbocycles. The summed E-state index contributed by atoms with van der Waals surface area (Å²) in [4.78, 5) is 41.1. The van der Waals surface area contributed by atoms with E-state index in [9.17, 15) is 34.8 Å². The molecule has 1 amide bonds. The second kappa shape index (κ2) is 19.6. The van der Waals surface area contributed by atoms with E-state index in [-0.39, 0.29) is 25.2 Å². The van der Waals surface area contributed by atoms with E-state index < -0.39 is 126 Å². The predicted molar refractivity (Wildman–Crippen MR) is 206 cm³/mol. The first-order chi connectivity index (χ1) is 26.3. The molecule has 57 heavy (non-hydrogen) atoms. The molecule has 0 radical (unpaired) electrons. The van der Waals surface area contributed by atoms with E-state index in [1.165, 1.54) is 39.9 Å². The number of rotatable bonds is 9. The van der Waals surface area contributed by atoms with E-state index in [4.69, 9.17) is 37.9 Å². The number of hydrogen-bond acceptors (Lipinski definition) is 15. The zero-order valence-electron chi connectivity index (χ0n) is 36.8. The second-order valence-electron chi connectivity index (χ2n) is 17.6. The lowest BCUT2D eigenvalue weighted by molar-refractivity contribution is -0.320. The summed E-state index contributed by atoms with van der Waals surface area (Å²) in [6.45, 7) is 19.7. The van der Waals surface area contributed by atoms with Crippen LogP contribution in [0.1, 0.15) is 109 Å². The van der Waals surface area contributed by atoms with Crippen LogP contribution in [0.4, 0.5) is 0 Å². The van der Waals surface area contributed by atoms with E-state index >= 15 is 0 Å². The van der Waals surface area contributed by atoms with E-state index in [0.717, 1.165) is 0 Å². The van der Waals surface area contributed by atoms with Gasteiger partial charge in [0.15, 0.2) is 18.7 Å². The van der Waals surface area contributed by atoms with E-state index in [1.807, 2.05) is 13.8 Å². The molecule has 0 spiro atoms. The number of likely N-dealkylation sites (N-methyl/N-ethyl adjacent to an activating group) is 1. The molecule has 4 N–H and O–H groups in total. The van der Waals surface area contributed by atoms with Crippen LogP contribution in [0, 0.1) is 23.7 Å². The maximum atomic E-state index is 14.3. The summed E-state index contributed by atoms with van der Waals surface area (Å²) >= 11 is 0. The Hall–Kier alpha value is -1.99. The fourth-order valence-electron chi connectivity index (χ4n) is 9.17. The predicted octanol–water partition coefficient (Wildman–Crippen LogP) is 2.72.